The maximum atomic E-state index is 3.70. The topological polar surface area (TPSA) is 15.3 Å². The molecule has 1 fully saturated rings. The minimum atomic E-state index is 0.617. The monoisotopic (exact) mass is 266 g/mol. The number of hydrogen-bond donors (Lipinski definition) is 1. The molecule has 0 amide bonds. The lowest BCUT2D eigenvalue weighted by molar-refractivity contribution is 0.179. The highest BCUT2D eigenvalue weighted by molar-refractivity contribution is 7.10. The van der Waals surface area contributed by atoms with Crippen molar-refractivity contribution in [1.29, 1.82) is 0 Å². The van der Waals surface area contributed by atoms with E-state index in [1.54, 1.807) is 0 Å². The summed E-state index contributed by atoms with van der Waals surface area (Å²) in [6.45, 7) is 10.6. The zero-order valence-electron chi connectivity index (χ0n) is 11.9. The van der Waals surface area contributed by atoms with Gasteiger partial charge in [-0.25, -0.2) is 0 Å². The summed E-state index contributed by atoms with van der Waals surface area (Å²) in [5.74, 6) is 0.714. The standard InChI is InChI=1S/C15H26N2S/c1-4-14(15-7-5-10-18-15)17-9-6-8-16-13(11-17)12(2)3/h5,7,10,12-14,16H,4,6,8-9,11H2,1-3H3. The van der Waals surface area contributed by atoms with Crippen molar-refractivity contribution < 1.29 is 0 Å². The fourth-order valence-corrected chi connectivity index (χ4v) is 3.77. The molecule has 102 valence electrons. The lowest BCUT2D eigenvalue weighted by atomic mass is 10.0. The van der Waals surface area contributed by atoms with Gasteiger partial charge < -0.3 is 5.32 Å². The molecule has 1 N–H and O–H groups in total. The Morgan fingerprint density at radius 3 is 2.94 bits per heavy atom. The second kappa shape index (κ2) is 6.69. The lowest BCUT2D eigenvalue weighted by Crippen LogP contribution is -2.42. The number of hydrogen-bond acceptors (Lipinski definition) is 3. The molecule has 18 heavy (non-hydrogen) atoms. The lowest BCUT2D eigenvalue weighted by Gasteiger charge is -2.32. The molecule has 0 aromatic carbocycles. The number of nitrogens with zero attached hydrogens (tertiary/aromatic N) is 1. The maximum Gasteiger partial charge on any atom is 0.0439 e. The summed E-state index contributed by atoms with van der Waals surface area (Å²) >= 11 is 1.90. The third-order valence-electron chi connectivity index (χ3n) is 3.96. The van der Waals surface area contributed by atoms with Gasteiger partial charge in [-0.3, -0.25) is 4.90 Å². The molecule has 1 aromatic rings. The Labute approximate surface area is 115 Å². The van der Waals surface area contributed by atoms with Crippen LogP contribution in [0.4, 0.5) is 0 Å². The van der Waals surface area contributed by atoms with Gasteiger partial charge in [-0.15, -0.1) is 11.3 Å². The Hall–Kier alpha value is -0.380. The Bertz CT molecular complexity index is 334. The van der Waals surface area contributed by atoms with Crippen molar-refractivity contribution in [2.75, 3.05) is 19.6 Å². The van der Waals surface area contributed by atoms with Crippen LogP contribution in [0.25, 0.3) is 0 Å². The van der Waals surface area contributed by atoms with Crippen molar-refractivity contribution >= 4 is 11.3 Å². The molecule has 1 aliphatic heterocycles. The Balaban J connectivity index is 2.09. The highest BCUT2D eigenvalue weighted by Gasteiger charge is 2.26. The molecule has 1 aromatic heterocycles. The molecule has 0 radical (unpaired) electrons. The van der Waals surface area contributed by atoms with Crippen LogP contribution in [0.2, 0.25) is 0 Å². The molecule has 0 saturated carbocycles. The zero-order valence-corrected chi connectivity index (χ0v) is 12.7. The highest BCUT2D eigenvalue weighted by Crippen LogP contribution is 2.29. The predicted molar refractivity (Wildman–Crippen MR) is 80.2 cm³/mol. The van der Waals surface area contributed by atoms with Crippen LogP contribution in [0.15, 0.2) is 17.5 Å². The second-order valence-corrected chi connectivity index (χ2v) is 6.57. The number of thiophene rings is 1. The first-order valence-corrected chi connectivity index (χ1v) is 8.11. The Morgan fingerprint density at radius 2 is 2.33 bits per heavy atom. The maximum absolute atomic E-state index is 3.70. The first-order chi connectivity index (χ1) is 8.72. The summed E-state index contributed by atoms with van der Waals surface area (Å²) in [6, 6.07) is 5.73. The SMILES string of the molecule is CCC(c1cccs1)N1CCCNC(C(C)C)C1. The van der Waals surface area contributed by atoms with E-state index >= 15 is 0 Å². The summed E-state index contributed by atoms with van der Waals surface area (Å²) in [6.07, 6.45) is 2.48. The van der Waals surface area contributed by atoms with Crippen LogP contribution in [-0.2, 0) is 0 Å². The molecule has 2 nitrogen and oxygen atoms in total. The van der Waals surface area contributed by atoms with E-state index in [2.05, 4.69) is 48.5 Å². The van der Waals surface area contributed by atoms with Crippen molar-refractivity contribution in [3.8, 4) is 0 Å². The van der Waals surface area contributed by atoms with Crippen molar-refractivity contribution in [3.05, 3.63) is 22.4 Å². The minimum absolute atomic E-state index is 0.617. The second-order valence-electron chi connectivity index (χ2n) is 5.59. The Morgan fingerprint density at radius 1 is 1.50 bits per heavy atom. The zero-order chi connectivity index (χ0) is 13.0. The number of rotatable bonds is 4. The van der Waals surface area contributed by atoms with Gasteiger partial charge in [0, 0.05) is 30.1 Å². The van der Waals surface area contributed by atoms with Crippen molar-refractivity contribution in [3.63, 3.8) is 0 Å². The summed E-state index contributed by atoms with van der Waals surface area (Å²) in [7, 11) is 0. The predicted octanol–water partition coefficient (Wildman–Crippen LogP) is 3.52. The van der Waals surface area contributed by atoms with E-state index in [1.165, 1.54) is 37.4 Å². The van der Waals surface area contributed by atoms with E-state index in [1.807, 2.05) is 11.3 Å². The molecule has 2 atom stereocenters. The van der Waals surface area contributed by atoms with Gasteiger partial charge >= 0.3 is 0 Å². The Kier molecular flexibility index (Phi) is 5.22. The van der Waals surface area contributed by atoms with Gasteiger partial charge in [0.15, 0.2) is 0 Å². The quantitative estimate of drug-likeness (QED) is 0.897. The largest absolute Gasteiger partial charge is 0.312 e. The van der Waals surface area contributed by atoms with Gasteiger partial charge in [-0.1, -0.05) is 26.8 Å². The molecular weight excluding hydrogens is 240 g/mol. The van der Waals surface area contributed by atoms with Crippen LogP contribution < -0.4 is 5.32 Å². The molecule has 2 heterocycles. The molecule has 0 aliphatic carbocycles. The summed E-state index contributed by atoms with van der Waals surface area (Å²) in [4.78, 5) is 4.22. The van der Waals surface area contributed by atoms with Crippen LogP contribution in [0.1, 0.15) is 44.5 Å². The minimum Gasteiger partial charge on any atom is -0.312 e. The van der Waals surface area contributed by atoms with Crippen molar-refractivity contribution in [2.24, 2.45) is 5.92 Å². The summed E-state index contributed by atoms with van der Waals surface area (Å²) in [5.41, 5.74) is 0. The van der Waals surface area contributed by atoms with Gasteiger partial charge in [0.25, 0.3) is 0 Å². The van der Waals surface area contributed by atoms with E-state index in [4.69, 9.17) is 0 Å². The van der Waals surface area contributed by atoms with E-state index in [9.17, 15) is 0 Å². The van der Waals surface area contributed by atoms with Gasteiger partial charge in [0.2, 0.25) is 0 Å². The first kappa shape index (κ1) is 14.0. The molecule has 1 aliphatic rings. The van der Waals surface area contributed by atoms with E-state index < -0.39 is 0 Å². The third kappa shape index (κ3) is 3.34. The van der Waals surface area contributed by atoms with Crippen LogP contribution in [0.5, 0.6) is 0 Å². The van der Waals surface area contributed by atoms with E-state index in [0.717, 1.165) is 0 Å². The van der Waals surface area contributed by atoms with Gasteiger partial charge in [-0.2, -0.15) is 0 Å². The van der Waals surface area contributed by atoms with E-state index in [0.29, 0.717) is 18.0 Å². The normalized spacial score (nSPS) is 24.1. The van der Waals surface area contributed by atoms with Crippen LogP contribution in [-0.4, -0.2) is 30.6 Å². The molecule has 1 saturated heterocycles. The average Bonchev–Trinajstić information content (AvgIpc) is 2.75. The molecular formula is C15H26N2S. The molecule has 2 rings (SSSR count). The van der Waals surface area contributed by atoms with Gasteiger partial charge in [0.1, 0.15) is 0 Å². The van der Waals surface area contributed by atoms with Gasteiger partial charge in [-0.05, 0) is 36.8 Å². The van der Waals surface area contributed by atoms with Crippen molar-refractivity contribution in [1.82, 2.24) is 10.2 Å². The molecule has 2 unspecified atom stereocenters. The number of nitrogens with one attached hydrogen (secondary N) is 1. The van der Waals surface area contributed by atoms with Crippen LogP contribution in [0.3, 0.4) is 0 Å². The highest BCUT2D eigenvalue weighted by atomic mass is 32.1. The third-order valence-corrected chi connectivity index (χ3v) is 4.94. The summed E-state index contributed by atoms with van der Waals surface area (Å²) < 4.78 is 0. The first-order valence-electron chi connectivity index (χ1n) is 7.23. The van der Waals surface area contributed by atoms with Crippen molar-refractivity contribution in [2.45, 2.75) is 45.7 Å². The molecule has 3 heteroatoms. The molecule has 0 bridgehead atoms. The van der Waals surface area contributed by atoms with Crippen LogP contribution >= 0.6 is 11.3 Å². The van der Waals surface area contributed by atoms with Crippen LogP contribution in [0, 0.1) is 5.92 Å². The fraction of sp³-hybridized carbons (Fsp3) is 0.733. The van der Waals surface area contributed by atoms with E-state index in [-0.39, 0.29) is 0 Å². The fourth-order valence-electron chi connectivity index (χ4n) is 2.83. The van der Waals surface area contributed by atoms with Gasteiger partial charge in [0.05, 0.1) is 0 Å². The average molecular weight is 266 g/mol. The smallest absolute Gasteiger partial charge is 0.0439 e. The summed E-state index contributed by atoms with van der Waals surface area (Å²) in [5, 5.41) is 5.90. The molecule has 0 spiro atoms.